The molecule has 0 fully saturated rings. The van der Waals surface area contributed by atoms with Crippen LogP contribution in [0.5, 0.6) is 0 Å². The van der Waals surface area contributed by atoms with Gasteiger partial charge in [-0.2, -0.15) is 0 Å². The number of hydrogen-bond acceptors (Lipinski definition) is 4. The van der Waals surface area contributed by atoms with Gasteiger partial charge in [0.15, 0.2) is 0 Å². The Bertz CT molecular complexity index is 606. The van der Waals surface area contributed by atoms with E-state index in [1.54, 1.807) is 24.3 Å². The summed E-state index contributed by atoms with van der Waals surface area (Å²) in [4.78, 5) is 19.1. The minimum Gasteiger partial charge on any atom is -0.463 e. The highest BCUT2D eigenvalue weighted by Gasteiger charge is 2.18. The molecule has 0 saturated carbocycles. The average molecular weight is 318 g/mol. The van der Waals surface area contributed by atoms with Crippen LogP contribution in [0.25, 0.3) is 11.1 Å². The molecular formula is C12H7Cl3N2O2. The number of halogens is 3. The summed E-state index contributed by atoms with van der Waals surface area (Å²) in [6.07, 6.45) is 0. The number of methoxy groups -OCH3 is 1. The smallest absolute Gasteiger partial charge is 0.376 e. The topological polar surface area (TPSA) is 52.1 Å². The molecule has 0 spiro atoms. The summed E-state index contributed by atoms with van der Waals surface area (Å²) in [7, 11) is 1.22. The molecule has 0 bridgehead atoms. The maximum atomic E-state index is 11.3. The standard InChI is InChI=1S/C12H7Cl3N2O2/c1-19-12(18)11-16-9(14)8(10(15)17-11)6-2-4-7(13)5-3-6/h2-5H,1H3. The predicted molar refractivity (Wildman–Crippen MR) is 73.8 cm³/mol. The van der Waals surface area contributed by atoms with Crippen LogP contribution in [0.1, 0.15) is 10.6 Å². The van der Waals surface area contributed by atoms with E-state index < -0.39 is 5.97 Å². The van der Waals surface area contributed by atoms with E-state index in [1.165, 1.54) is 7.11 Å². The van der Waals surface area contributed by atoms with Crippen molar-refractivity contribution in [3.63, 3.8) is 0 Å². The Labute approximate surface area is 124 Å². The Morgan fingerprint density at radius 3 is 2.05 bits per heavy atom. The zero-order chi connectivity index (χ0) is 14.0. The first-order valence-corrected chi connectivity index (χ1v) is 6.23. The highest BCUT2D eigenvalue weighted by atomic mass is 35.5. The van der Waals surface area contributed by atoms with Gasteiger partial charge in [-0.3, -0.25) is 0 Å². The molecule has 2 rings (SSSR count). The third kappa shape index (κ3) is 2.97. The molecule has 1 aromatic heterocycles. The van der Waals surface area contributed by atoms with Crippen LogP contribution in [0.15, 0.2) is 24.3 Å². The monoisotopic (exact) mass is 316 g/mol. The molecule has 0 radical (unpaired) electrons. The second-order valence-corrected chi connectivity index (χ2v) is 4.65. The Kier molecular flexibility index (Phi) is 4.24. The SMILES string of the molecule is COC(=O)c1nc(Cl)c(-c2ccc(Cl)cc2)c(Cl)n1. The van der Waals surface area contributed by atoms with E-state index >= 15 is 0 Å². The molecule has 7 heteroatoms. The first kappa shape index (κ1) is 14.1. The molecule has 1 aromatic carbocycles. The minimum atomic E-state index is -0.702. The fourth-order valence-corrected chi connectivity index (χ4v) is 2.18. The lowest BCUT2D eigenvalue weighted by Gasteiger charge is -2.07. The minimum absolute atomic E-state index is 0.0720. The number of benzene rings is 1. The van der Waals surface area contributed by atoms with Crippen molar-refractivity contribution in [2.75, 3.05) is 7.11 Å². The first-order valence-electron chi connectivity index (χ1n) is 5.10. The van der Waals surface area contributed by atoms with Crippen LogP contribution >= 0.6 is 34.8 Å². The highest BCUT2D eigenvalue weighted by molar-refractivity contribution is 6.38. The average Bonchev–Trinajstić information content (AvgIpc) is 2.39. The second kappa shape index (κ2) is 5.74. The molecule has 0 saturated heterocycles. The fourth-order valence-electron chi connectivity index (χ4n) is 1.45. The zero-order valence-electron chi connectivity index (χ0n) is 9.65. The van der Waals surface area contributed by atoms with Gasteiger partial charge in [-0.05, 0) is 17.7 Å². The predicted octanol–water partition coefficient (Wildman–Crippen LogP) is 3.89. The molecule has 0 unspecified atom stereocenters. The van der Waals surface area contributed by atoms with Gasteiger partial charge in [0, 0.05) is 5.02 Å². The normalized spacial score (nSPS) is 10.3. The Morgan fingerprint density at radius 2 is 1.58 bits per heavy atom. The van der Waals surface area contributed by atoms with Crippen molar-refractivity contribution in [1.82, 2.24) is 9.97 Å². The molecule has 1 heterocycles. The molecule has 0 aliphatic heterocycles. The lowest BCUT2D eigenvalue weighted by atomic mass is 10.1. The number of carbonyl (C=O) groups is 1. The van der Waals surface area contributed by atoms with Gasteiger partial charge in [0.2, 0.25) is 5.82 Å². The summed E-state index contributed by atoms with van der Waals surface area (Å²) in [5.74, 6) is -0.887. The summed E-state index contributed by atoms with van der Waals surface area (Å²) in [5.41, 5.74) is 1.14. The number of aromatic nitrogens is 2. The number of carbonyl (C=O) groups excluding carboxylic acids is 1. The van der Waals surface area contributed by atoms with Gasteiger partial charge in [0.05, 0.1) is 12.7 Å². The molecule has 4 nitrogen and oxygen atoms in total. The van der Waals surface area contributed by atoms with Gasteiger partial charge < -0.3 is 4.74 Å². The molecule has 0 atom stereocenters. The van der Waals surface area contributed by atoms with E-state index in [-0.39, 0.29) is 16.1 Å². The van der Waals surface area contributed by atoms with Crippen LogP contribution in [0, 0.1) is 0 Å². The van der Waals surface area contributed by atoms with Crippen LogP contribution < -0.4 is 0 Å². The van der Waals surface area contributed by atoms with E-state index in [0.717, 1.165) is 0 Å². The Balaban J connectivity index is 2.53. The maximum absolute atomic E-state index is 11.3. The van der Waals surface area contributed by atoms with Crippen LogP contribution in [-0.4, -0.2) is 23.0 Å². The number of nitrogens with zero attached hydrogens (tertiary/aromatic N) is 2. The third-order valence-electron chi connectivity index (χ3n) is 2.32. The summed E-state index contributed by atoms with van der Waals surface area (Å²) >= 11 is 17.9. The summed E-state index contributed by atoms with van der Waals surface area (Å²) in [5, 5.41) is 0.730. The molecule has 2 aromatic rings. The van der Waals surface area contributed by atoms with Crippen molar-refractivity contribution < 1.29 is 9.53 Å². The number of ether oxygens (including phenoxy) is 1. The lowest BCUT2D eigenvalue weighted by molar-refractivity contribution is 0.0586. The van der Waals surface area contributed by atoms with E-state index in [2.05, 4.69) is 14.7 Å². The third-order valence-corrected chi connectivity index (χ3v) is 3.12. The van der Waals surface area contributed by atoms with Crippen molar-refractivity contribution in [1.29, 1.82) is 0 Å². The van der Waals surface area contributed by atoms with Gasteiger partial charge in [0.1, 0.15) is 10.3 Å². The molecular weight excluding hydrogens is 311 g/mol. The molecule has 0 aliphatic carbocycles. The zero-order valence-corrected chi connectivity index (χ0v) is 11.9. The molecule has 0 aliphatic rings. The second-order valence-electron chi connectivity index (χ2n) is 3.50. The van der Waals surface area contributed by atoms with Gasteiger partial charge in [-0.25, -0.2) is 14.8 Å². The molecule has 0 amide bonds. The van der Waals surface area contributed by atoms with Crippen LogP contribution in [-0.2, 0) is 4.74 Å². The summed E-state index contributed by atoms with van der Waals surface area (Å²) in [6.45, 7) is 0. The largest absolute Gasteiger partial charge is 0.463 e. The van der Waals surface area contributed by atoms with Gasteiger partial charge >= 0.3 is 5.97 Å². The van der Waals surface area contributed by atoms with Crippen molar-refractivity contribution in [3.05, 3.63) is 45.4 Å². The van der Waals surface area contributed by atoms with Crippen LogP contribution in [0.4, 0.5) is 0 Å². The van der Waals surface area contributed by atoms with Crippen molar-refractivity contribution in [2.24, 2.45) is 0 Å². The van der Waals surface area contributed by atoms with Crippen LogP contribution in [0.3, 0.4) is 0 Å². The molecule has 0 N–H and O–H groups in total. The molecule has 98 valence electrons. The van der Waals surface area contributed by atoms with Crippen LogP contribution in [0.2, 0.25) is 15.3 Å². The number of esters is 1. The maximum Gasteiger partial charge on any atom is 0.376 e. The number of hydrogen-bond donors (Lipinski definition) is 0. The highest BCUT2D eigenvalue weighted by Crippen LogP contribution is 2.32. The fraction of sp³-hybridized carbons (Fsp3) is 0.0833. The van der Waals surface area contributed by atoms with Crippen molar-refractivity contribution in [2.45, 2.75) is 0 Å². The van der Waals surface area contributed by atoms with Gasteiger partial charge in [-0.1, -0.05) is 46.9 Å². The van der Waals surface area contributed by atoms with Crippen molar-refractivity contribution >= 4 is 40.8 Å². The van der Waals surface area contributed by atoms with Gasteiger partial charge in [0.25, 0.3) is 0 Å². The van der Waals surface area contributed by atoms with Crippen molar-refractivity contribution in [3.8, 4) is 11.1 Å². The quantitative estimate of drug-likeness (QED) is 0.623. The Hall–Kier alpha value is -1.36. The Morgan fingerprint density at radius 1 is 1.05 bits per heavy atom. The van der Waals surface area contributed by atoms with E-state index in [4.69, 9.17) is 34.8 Å². The van der Waals surface area contributed by atoms with Gasteiger partial charge in [-0.15, -0.1) is 0 Å². The van der Waals surface area contributed by atoms with E-state index in [9.17, 15) is 4.79 Å². The van der Waals surface area contributed by atoms with E-state index in [1.807, 2.05) is 0 Å². The molecule has 19 heavy (non-hydrogen) atoms. The lowest BCUT2D eigenvalue weighted by Crippen LogP contribution is -2.08. The summed E-state index contributed by atoms with van der Waals surface area (Å²) < 4.78 is 4.51. The first-order chi connectivity index (χ1) is 9.02. The van der Waals surface area contributed by atoms with E-state index in [0.29, 0.717) is 16.1 Å². The summed E-state index contributed by atoms with van der Waals surface area (Å²) in [6, 6.07) is 6.85. The number of rotatable bonds is 2.